The molecule has 0 aliphatic carbocycles. The fourth-order valence-electron chi connectivity index (χ4n) is 0. The van der Waals surface area contributed by atoms with E-state index in [-0.39, 0.29) is 0 Å². The summed E-state index contributed by atoms with van der Waals surface area (Å²) in [5, 5.41) is 0. The van der Waals surface area contributed by atoms with Gasteiger partial charge in [-0.15, -0.1) is 0 Å². The van der Waals surface area contributed by atoms with E-state index >= 15 is 0 Å². The van der Waals surface area contributed by atoms with Crippen molar-refractivity contribution in [3.8, 4) is 0 Å². The molecule has 44 valence electrons. The van der Waals surface area contributed by atoms with Gasteiger partial charge < -0.3 is 0 Å². The smallest absolute Gasteiger partial charge is 0.162 e. The van der Waals surface area contributed by atoms with Crippen LogP contribution >= 0.6 is 8.69 Å². The highest BCUT2D eigenvalue weighted by Gasteiger charge is 1.56. The molecule has 0 aromatic carbocycles. The van der Waals surface area contributed by atoms with Crippen molar-refractivity contribution in [2.24, 2.45) is 0 Å². The molecule has 0 amide bonds. The Morgan fingerprint density at radius 2 is 1.57 bits per heavy atom. The molecule has 0 spiro atoms. The first-order valence-corrected chi connectivity index (χ1v) is 3.20. The van der Waals surface area contributed by atoms with Gasteiger partial charge in [-0.05, 0) is 4.57 Å². The molecule has 3 heteroatoms. The summed E-state index contributed by atoms with van der Waals surface area (Å²) in [5.41, 5.74) is 0. The van der Waals surface area contributed by atoms with Gasteiger partial charge >= 0.3 is 8.69 Å². The Morgan fingerprint density at radius 1 is 1.43 bits per heavy atom. The largest absolute Gasteiger partial charge is 0.491 e. The molecule has 0 aliphatic heterocycles. The molecular weight excluding hydrogens is 111 g/mol. The van der Waals surface area contributed by atoms with Crippen LogP contribution in [0.15, 0.2) is 0 Å². The van der Waals surface area contributed by atoms with E-state index in [2.05, 4.69) is 13.8 Å². The summed E-state index contributed by atoms with van der Waals surface area (Å²) in [6.07, 6.45) is 2.64. The highest BCUT2D eigenvalue weighted by atomic mass is 31.1. The van der Waals surface area contributed by atoms with Crippen LogP contribution in [-0.4, -0.2) is 4.89 Å². The van der Waals surface area contributed by atoms with Crippen LogP contribution in [0.3, 0.4) is 0 Å². The van der Waals surface area contributed by atoms with Crippen LogP contribution in [-0.2, 0) is 4.57 Å². The van der Waals surface area contributed by atoms with Gasteiger partial charge in [-0.2, -0.15) is 4.89 Å². The first-order chi connectivity index (χ1) is 3.33. The maximum atomic E-state index is 8.51. The summed E-state index contributed by atoms with van der Waals surface area (Å²) in [7, 11) is -1.17. The molecular formula is C4H12O2P+. The quantitative estimate of drug-likeness (QED) is 0.539. The van der Waals surface area contributed by atoms with Crippen LogP contribution in [0.1, 0.15) is 26.7 Å². The lowest BCUT2D eigenvalue weighted by Gasteiger charge is -1.68. The monoisotopic (exact) mass is 123 g/mol. The highest BCUT2D eigenvalue weighted by molar-refractivity contribution is 7.16. The number of rotatable bonds is 1. The van der Waals surface area contributed by atoms with E-state index in [9.17, 15) is 0 Å². The van der Waals surface area contributed by atoms with Crippen molar-refractivity contribution in [3.05, 3.63) is 0 Å². The zero-order valence-corrected chi connectivity index (χ0v) is 5.77. The summed E-state index contributed by atoms with van der Waals surface area (Å²) in [6, 6.07) is 0. The van der Waals surface area contributed by atoms with E-state index in [4.69, 9.17) is 9.46 Å². The second kappa shape index (κ2) is 16.6. The summed E-state index contributed by atoms with van der Waals surface area (Å²) < 4.78 is 8.51. The van der Waals surface area contributed by atoms with E-state index in [1.165, 1.54) is 12.8 Å². The Hall–Kier alpha value is 0.0600. The molecule has 0 aliphatic rings. The van der Waals surface area contributed by atoms with E-state index in [0.29, 0.717) is 0 Å². The number of unbranched alkanes of at least 4 members (excludes halogenated alkanes) is 1. The fraction of sp³-hybridized carbons (Fsp3) is 1.00. The van der Waals surface area contributed by atoms with Crippen LogP contribution in [0.5, 0.6) is 0 Å². The van der Waals surface area contributed by atoms with Crippen molar-refractivity contribution in [2.45, 2.75) is 26.7 Å². The molecule has 1 N–H and O–H groups in total. The highest BCUT2D eigenvalue weighted by Crippen LogP contribution is 1.76. The van der Waals surface area contributed by atoms with Crippen molar-refractivity contribution >= 4 is 8.69 Å². The number of hydrogen-bond acceptors (Lipinski definition) is 1. The summed E-state index contributed by atoms with van der Waals surface area (Å²) in [4.78, 5) is 7.04. The maximum Gasteiger partial charge on any atom is 0.491 e. The van der Waals surface area contributed by atoms with Crippen LogP contribution in [0.4, 0.5) is 0 Å². The lowest BCUT2D eigenvalue weighted by atomic mass is 10.4. The van der Waals surface area contributed by atoms with Gasteiger partial charge in [0, 0.05) is 0 Å². The number of hydrogen-bond donors (Lipinski definition) is 1. The average Bonchev–Trinajstić information content (AvgIpc) is 1.69. The third kappa shape index (κ3) is 88.9. The average molecular weight is 123 g/mol. The topological polar surface area (TPSA) is 37.3 Å². The zero-order valence-electron chi connectivity index (χ0n) is 4.77. The normalized spacial score (nSPS) is 7.29. The minimum absolute atomic E-state index is 1.17. The fourth-order valence-corrected chi connectivity index (χ4v) is 0. The molecule has 2 nitrogen and oxygen atoms in total. The summed E-state index contributed by atoms with van der Waals surface area (Å²) >= 11 is 0. The van der Waals surface area contributed by atoms with Gasteiger partial charge in [0.1, 0.15) is 0 Å². The molecule has 0 fully saturated rings. The van der Waals surface area contributed by atoms with Gasteiger partial charge in [-0.25, -0.2) is 0 Å². The molecule has 0 heterocycles. The predicted molar refractivity (Wildman–Crippen MR) is 31.8 cm³/mol. The molecule has 0 rings (SSSR count). The van der Waals surface area contributed by atoms with E-state index < -0.39 is 8.69 Å². The Labute approximate surface area is 45.8 Å². The molecule has 1 unspecified atom stereocenters. The minimum atomic E-state index is -1.17. The van der Waals surface area contributed by atoms with E-state index in [0.717, 1.165) is 0 Å². The van der Waals surface area contributed by atoms with Crippen LogP contribution < -0.4 is 0 Å². The molecule has 0 radical (unpaired) electrons. The summed E-state index contributed by atoms with van der Waals surface area (Å²) in [6.45, 7) is 4.36. The SMILES string of the molecule is CCCC.O=[PH+]O. The molecule has 7 heavy (non-hydrogen) atoms. The van der Waals surface area contributed by atoms with E-state index in [1.807, 2.05) is 0 Å². The predicted octanol–water partition coefficient (Wildman–Crippen LogP) is 1.72. The first-order valence-electron chi connectivity index (χ1n) is 2.34. The first kappa shape index (κ1) is 10.1. The molecule has 0 aromatic heterocycles. The molecule has 1 atom stereocenters. The van der Waals surface area contributed by atoms with Crippen LogP contribution in [0.25, 0.3) is 0 Å². The maximum absolute atomic E-state index is 8.51. The van der Waals surface area contributed by atoms with Gasteiger partial charge in [0.15, 0.2) is 0 Å². The van der Waals surface area contributed by atoms with Crippen molar-refractivity contribution < 1.29 is 9.46 Å². The second-order valence-corrected chi connectivity index (χ2v) is 1.27. The standard InChI is InChI=1S/C4H10.HO2P/c1-3-4-2;1-3-2/h3-4H2,1-2H3;3H/p+1. The van der Waals surface area contributed by atoms with Crippen molar-refractivity contribution in [3.63, 3.8) is 0 Å². The molecule has 0 saturated heterocycles. The molecule has 0 saturated carbocycles. The van der Waals surface area contributed by atoms with E-state index in [1.54, 1.807) is 0 Å². The lowest BCUT2D eigenvalue weighted by Crippen LogP contribution is -1.47. The lowest BCUT2D eigenvalue weighted by molar-refractivity contribution is 0.524. The molecule has 0 aromatic rings. The van der Waals surface area contributed by atoms with Gasteiger partial charge in [0.05, 0.1) is 0 Å². The van der Waals surface area contributed by atoms with Crippen molar-refractivity contribution in [2.75, 3.05) is 0 Å². The van der Waals surface area contributed by atoms with Gasteiger partial charge in [0.2, 0.25) is 0 Å². The Morgan fingerprint density at radius 3 is 1.57 bits per heavy atom. The van der Waals surface area contributed by atoms with Crippen molar-refractivity contribution in [1.82, 2.24) is 0 Å². The minimum Gasteiger partial charge on any atom is -0.162 e. The zero-order chi connectivity index (χ0) is 6.12. The van der Waals surface area contributed by atoms with Gasteiger partial charge in [0.25, 0.3) is 0 Å². The third-order valence-electron chi connectivity index (χ3n) is 0.500. The third-order valence-corrected chi connectivity index (χ3v) is 0.500. The Kier molecular flexibility index (Phi) is 24.0. The van der Waals surface area contributed by atoms with Crippen molar-refractivity contribution in [1.29, 1.82) is 0 Å². The van der Waals surface area contributed by atoms with Crippen LogP contribution in [0, 0.1) is 0 Å². The molecule has 0 bridgehead atoms. The second-order valence-electron chi connectivity index (χ2n) is 1.09. The summed E-state index contributed by atoms with van der Waals surface area (Å²) in [5.74, 6) is 0. The van der Waals surface area contributed by atoms with Crippen LogP contribution in [0.2, 0.25) is 0 Å². The van der Waals surface area contributed by atoms with Gasteiger partial charge in [-0.3, -0.25) is 0 Å². The van der Waals surface area contributed by atoms with Gasteiger partial charge in [-0.1, -0.05) is 26.7 Å². The Balaban J connectivity index is 0. The Bertz CT molecular complexity index is 28.9.